The smallest absolute Gasteiger partial charge is 0.257 e. The number of carbonyl (C=O) groups excluding carboxylic acids is 1. The van der Waals surface area contributed by atoms with Gasteiger partial charge in [-0.25, -0.2) is 18.2 Å². The summed E-state index contributed by atoms with van der Waals surface area (Å²) in [5.74, 6) is 0.209. The van der Waals surface area contributed by atoms with Crippen LogP contribution in [-0.4, -0.2) is 39.8 Å². The minimum absolute atomic E-state index is 0.0355. The third-order valence-electron chi connectivity index (χ3n) is 9.41. The molecule has 5 aliphatic rings. The normalized spacial score (nSPS) is 31.3. The Morgan fingerprint density at radius 3 is 2.36 bits per heavy atom. The molecule has 1 aliphatic heterocycles. The molecule has 5 fully saturated rings. The first-order chi connectivity index (χ1) is 18.6. The van der Waals surface area contributed by atoms with Crippen molar-refractivity contribution in [1.82, 2.24) is 14.9 Å². The molecule has 0 spiro atoms. The quantitative estimate of drug-likeness (QED) is 0.492. The molecule has 4 bridgehead atoms. The number of halogens is 3. The lowest BCUT2D eigenvalue weighted by atomic mass is 9.53. The lowest BCUT2D eigenvalue weighted by Crippen LogP contribution is -2.60. The summed E-state index contributed by atoms with van der Waals surface area (Å²) in [5.41, 5.74) is -2.18. The first kappa shape index (κ1) is 24.7. The maximum Gasteiger partial charge on any atom is 0.257 e. The second-order valence-electron chi connectivity index (χ2n) is 12.6. The fourth-order valence-corrected chi connectivity index (χ4v) is 8.08. The number of fused-ring (bicyclic) bond motifs is 1. The van der Waals surface area contributed by atoms with Gasteiger partial charge in [0.05, 0.1) is 17.6 Å². The van der Waals surface area contributed by atoms with Gasteiger partial charge in [0.1, 0.15) is 28.7 Å². The lowest BCUT2D eigenvalue weighted by Gasteiger charge is -2.56. The number of pyridine rings is 2. The summed E-state index contributed by atoms with van der Waals surface area (Å²) in [6.45, 7) is 2.13. The highest BCUT2D eigenvalue weighted by atomic mass is 19.1. The molecule has 1 amide bonds. The second-order valence-corrected chi connectivity index (χ2v) is 12.6. The Morgan fingerprint density at radius 2 is 1.74 bits per heavy atom. The summed E-state index contributed by atoms with van der Waals surface area (Å²) < 4.78 is 44.7. The molecule has 9 heteroatoms. The molecular formula is C30H31F3N4O2. The number of hydrogen-bond donors (Lipinski definition) is 1. The molecule has 3 aromatic rings. The van der Waals surface area contributed by atoms with Crippen LogP contribution in [0.4, 0.5) is 19.0 Å². The van der Waals surface area contributed by atoms with Crippen molar-refractivity contribution in [2.75, 3.05) is 18.0 Å². The molecule has 39 heavy (non-hydrogen) atoms. The van der Waals surface area contributed by atoms with Crippen LogP contribution in [0.25, 0.3) is 16.7 Å². The zero-order valence-corrected chi connectivity index (χ0v) is 21.9. The highest BCUT2D eigenvalue weighted by molar-refractivity contribution is 5.97. The van der Waals surface area contributed by atoms with Gasteiger partial charge in [0, 0.05) is 30.8 Å². The van der Waals surface area contributed by atoms with Crippen LogP contribution in [0.3, 0.4) is 0 Å². The maximum absolute atomic E-state index is 15.1. The molecule has 1 atom stereocenters. The van der Waals surface area contributed by atoms with E-state index in [-0.39, 0.29) is 34.4 Å². The second kappa shape index (κ2) is 8.57. The number of carbonyl (C=O) groups is 1. The van der Waals surface area contributed by atoms with Gasteiger partial charge in [0.15, 0.2) is 5.65 Å². The number of rotatable bonds is 4. The van der Waals surface area contributed by atoms with E-state index in [1.807, 2.05) is 0 Å². The largest absolute Gasteiger partial charge is 0.353 e. The average Bonchev–Trinajstić information content (AvgIpc) is 3.23. The van der Waals surface area contributed by atoms with Gasteiger partial charge in [-0.15, -0.1) is 0 Å². The number of hydrogen-bond acceptors (Lipinski definition) is 4. The predicted molar refractivity (Wildman–Crippen MR) is 142 cm³/mol. The maximum atomic E-state index is 15.1. The average molecular weight is 537 g/mol. The Morgan fingerprint density at radius 1 is 1.05 bits per heavy atom. The molecular weight excluding hydrogens is 505 g/mol. The van der Waals surface area contributed by atoms with Crippen LogP contribution in [0.15, 0.2) is 41.3 Å². The van der Waals surface area contributed by atoms with E-state index in [1.54, 1.807) is 17.0 Å². The van der Waals surface area contributed by atoms with Crippen molar-refractivity contribution in [2.24, 2.45) is 17.8 Å². The fourth-order valence-electron chi connectivity index (χ4n) is 8.08. The van der Waals surface area contributed by atoms with Gasteiger partial charge in [0.2, 0.25) is 5.43 Å². The van der Waals surface area contributed by atoms with Crippen LogP contribution in [-0.2, 0) is 0 Å². The summed E-state index contributed by atoms with van der Waals surface area (Å²) in [6, 6.07) is 6.34. The van der Waals surface area contributed by atoms with E-state index in [2.05, 4.69) is 10.3 Å². The number of nitrogens with one attached hydrogen (secondary N) is 1. The highest BCUT2D eigenvalue weighted by Crippen LogP contribution is 2.55. The Balaban J connectivity index is 1.33. The van der Waals surface area contributed by atoms with E-state index in [0.29, 0.717) is 36.5 Å². The summed E-state index contributed by atoms with van der Waals surface area (Å²) >= 11 is 0. The summed E-state index contributed by atoms with van der Waals surface area (Å²) in [4.78, 5) is 33.8. The van der Waals surface area contributed by atoms with E-state index < -0.39 is 28.6 Å². The number of benzene rings is 1. The van der Waals surface area contributed by atoms with Gasteiger partial charge in [0.25, 0.3) is 5.91 Å². The lowest BCUT2D eigenvalue weighted by molar-refractivity contribution is -0.0167. The van der Waals surface area contributed by atoms with E-state index >= 15 is 4.39 Å². The van der Waals surface area contributed by atoms with Gasteiger partial charge in [-0.3, -0.25) is 14.2 Å². The molecule has 2 aromatic heterocycles. The first-order valence-electron chi connectivity index (χ1n) is 13.9. The van der Waals surface area contributed by atoms with Crippen molar-refractivity contribution in [3.63, 3.8) is 0 Å². The molecule has 4 aliphatic carbocycles. The zero-order chi connectivity index (χ0) is 27.1. The number of aromatic nitrogens is 2. The monoisotopic (exact) mass is 536 g/mol. The highest BCUT2D eigenvalue weighted by Gasteiger charge is 2.51. The van der Waals surface area contributed by atoms with Crippen LogP contribution in [0.2, 0.25) is 0 Å². The number of alkyl halides is 1. The SMILES string of the molecule is CC1(F)CCN(c2ccc3c(=O)c(C(=O)NC45CC6CC(CC(C6)C4)C5)cn(-c4ccc(F)cc4F)c3n2)C1. The summed E-state index contributed by atoms with van der Waals surface area (Å²) in [7, 11) is 0. The van der Waals surface area contributed by atoms with Crippen molar-refractivity contribution in [3.05, 3.63) is 63.9 Å². The third-order valence-corrected chi connectivity index (χ3v) is 9.41. The Kier molecular flexibility index (Phi) is 5.42. The van der Waals surface area contributed by atoms with Crippen molar-refractivity contribution in [1.29, 1.82) is 0 Å². The van der Waals surface area contributed by atoms with Gasteiger partial charge in [-0.05, 0) is 87.5 Å². The molecule has 3 heterocycles. The topological polar surface area (TPSA) is 67.2 Å². The van der Waals surface area contributed by atoms with E-state index in [1.165, 1.54) is 43.0 Å². The predicted octanol–water partition coefficient (Wildman–Crippen LogP) is 5.30. The van der Waals surface area contributed by atoms with Gasteiger partial charge in [-0.2, -0.15) is 0 Å². The summed E-state index contributed by atoms with van der Waals surface area (Å²) in [5, 5.41) is 3.38. The van der Waals surface area contributed by atoms with Crippen LogP contribution in [0.5, 0.6) is 0 Å². The van der Waals surface area contributed by atoms with Crippen LogP contribution < -0.4 is 15.6 Å². The van der Waals surface area contributed by atoms with E-state index in [4.69, 9.17) is 0 Å². The zero-order valence-electron chi connectivity index (χ0n) is 21.9. The van der Waals surface area contributed by atoms with Crippen molar-refractivity contribution in [2.45, 2.75) is 63.1 Å². The molecule has 1 unspecified atom stereocenters. The van der Waals surface area contributed by atoms with Crippen molar-refractivity contribution in [3.8, 4) is 5.69 Å². The van der Waals surface area contributed by atoms with E-state index in [0.717, 1.165) is 31.4 Å². The minimum Gasteiger partial charge on any atom is -0.353 e. The third kappa shape index (κ3) is 4.21. The fraction of sp³-hybridized carbons (Fsp3) is 0.500. The van der Waals surface area contributed by atoms with Crippen LogP contribution in [0.1, 0.15) is 62.2 Å². The molecule has 1 N–H and O–H groups in total. The molecule has 1 aromatic carbocycles. The van der Waals surface area contributed by atoms with Gasteiger partial charge < -0.3 is 10.2 Å². The molecule has 4 saturated carbocycles. The molecule has 8 rings (SSSR count). The van der Waals surface area contributed by atoms with Crippen LogP contribution in [0, 0.1) is 29.4 Å². The van der Waals surface area contributed by atoms with Gasteiger partial charge >= 0.3 is 0 Å². The standard InChI is InChI=1S/C30H31F3N4O2/c1-29(33)6-7-36(16-29)25-5-3-21-26(38)22(15-37(27(21)34-25)24-4-2-20(31)11-23(24)32)28(39)35-30-12-17-8-18(13-30)10-19(9-17)14-30/h2-5,11,15,17-19H,6-10,12-14,16H2,1H3,(H,35,39). The summed E-state index contributed by atoms with van der Waals surface area (Å²) in [6.07, 6.45) is 8.08. The molecule has 6 nitrogen and oxygen atoms in total. The van der Waals surface area contributed by atoms with Crippen LogP contribution >= 0.6 is 0 Å². The van der Waals surface area contributed by atoms with Crippen molar-refractivity contribution < 1.29 is 18.0 Å². The molecule has 1 saturated heterocycles. The number of nitrogens with zero attached hydrogens (tertiary/aromatic N) is 3. The Bertz CT molecular complexity index is 1530. The number of anilines is 1. The Labute approximate surface area is 224 Å². The minimum atomic E-state index is -1.36. The Hall–Kier alpha value is -3.36. The molecule has 0 radical (unpaired) electrons. The van der Waals surface area contributed by atoms with E-state index in [9.17, 15) is 18.4 Å². The van der Waals surface area contributed by atoms with Gasteiger partial charge in [-0.1, -0.05) is 0 Å². The molecule has 204 valence electrons. The number of amides is 1. The van der Waals surface area contributed by atoms with Crippen molar-refractivity contribution >= 4 is 22.8 Å². The first-order valence-corrected chi connectivity index (χ1v) is 13.9.